The summed E-state index contributed by atoms with van der Waals surface area (Å²) in [7, 11) is 1.76. The number of nitrogens with one attached hydrogen (secondary N) is 1. The van der Waals surface area contributed by atoms with E-state index in [1.54, 1.807) is 18.9 Å². The number of rotatable bonds is 3. The number of alkyl halides is 3. The highest BCUT2D eigenvalue weighted by atomic mass is 19.4. The molecule has 1 aromatic carbocycles. The van der Waals surface area contributed by atoms with Gasteiger partial charge in [0.1, 0.15) is 22.9 Å². The first-order valence-corrected chi connectivity index (χ1v) is 9.51. The van der Waals surface area contributed by atoms with Gasteiger partial charge in [-0.15, -0.1) is 13.2 Å². The lowest BCUT2D eigenvalue weighted by Gasteiger charge is -2.23. The Balaban J connectivity index is 1.65. The second kappa shape index (κ2) is 7.19. The Bertz CT molecular complexity index is 997. The molecule has 2 aliphatic rings. The van der Waals surface area contributed by atoms with Crippen molar-refractivity contribution in [1.29, 1.82) is 0 Å². The number of carbonyl (C=O) groups excluding carboxylic acids is 1. The summed E-state index contributed by atoms with van der Waals surface area (Å²) in [6.07, 6.45) is -2.94. The van der Waals surface area contributed by atoms with E-state index in [1.807, 2.05) is 0 Å². The van der Waals surface area contributed by atoms with Crippen LogP contribution in [0.3, 0.4) is 0 Å². The molecule has 2 aliphatic heterocycles. The van der Waals surface area contributed by atoms with Gasteiger partial charge in [0.2, 0.25) is 5.91 Å². The molecule has 0 saturated carbocycles. The molecule has 2 saturated heterocycles. The van der Waals surface area contributed by atoms with Crippen LogP contribution in [0.1, 0.15) is 36.8 Å². The van der Waals surface area contributed by atoms with Crippen molar-refractivity contribution < 1.29 is 27.1 Å². The molecule has 0 bridgehead atoms. The Morgan fingerprint density at radius 2 is 2.00 bits per heavy atom. The number of aromatic nitrogens is 2. The van der Waals surface area contributed by atoms with Gasteiger partial charge in [-0.05, 0) is 50.5 Å². The van der Waals surface area contributed by atoms with E-state index in [2.05, 4.69) is 20.0 Å². The van der Waals surface area contributed by atoms with Gasteiger partial charge in [0.15, 0.2) is 0 Å². The third kappa shape index (κ3) is 3.83. The van der Waals surface area contributed by atoms with Crippen molar-refractivity contribution in [2.24, 2.45) is 0 Å². The molecule has 2 atom stereocenters. The van der Waals surface area contributed by atoms with Crippen LogP contribution in [-0.2, 0) is 4.79 Å². The standard InChI is InChI=1S/C20H20F4N4O2/c1-11-9-16(13-10-12(3-4-14(13)21)30-20(22,23)24)26-17(25-11)15-5-6-19(27-15)7-8-28(2)18(19)29/h3-4,9-10,15,27H,5-8H2,1-2H3/t15-,19+/m1/s1. The van der Waals surface area contributed by atoms with Gasteiger partial charge in [-0.2, -0.15) is 0 Å². The Labute approximate surface area is 170 Å². The second-order valence-electron chi connectivity index (χ2n) is 7.74. The van der Waals surface area contributed by atoms with Crippen LogP contribution in [0.25, 0.3) is 11.3 Å². The monoisotopic (exact) mass is 424 g/mol. The number of aryl methyl sites for hydroxylation is 1. The Morgan fingerprint density at radius 1 is 1.23 bits per heavy atom. The summed E-state index contributed by atoms with van der Waals surface area (Å²) in [5.74, 6) is -0.849. The molecule has 0 unspecified atom stereocenters. The quantitative estimate of drug-likeness (QED) is 0.764. The SMILES string of the molecule is Cc1cc(-c2cc(OC(F)(F)F)ccc2F)nc([C@H]2CC[C@@]3(CCN(C)C3=O)N2)n1. The van der Waals surface area contributed by atoms with E-state index in [0.29, 0.717) is 37.3 Å². The summed E-state index contributed by atoms with van der Waals surface area (Å²) >= 11 is 0. The summed E-state index contributed by atoms with van der Waals surface area (Å²) in [4.78, 5) is 23.0. The number of hydrogen-bond acceptors (Lipinski definition) is 5. The van der Waals surface area contributed by atoms with Gasteiger partial charge in [0, 0.05) is 24.8 Å². The predicted octanol–water partition coefficient (Wildman–Crippen LogP) is 3.52. The lowest BCUT2D eigenvalue weighted by Crippen LogP contribution is -2.47. The Hall–Kier alpha value is -2.75. The fourth-order valence-corrected chi connectivity index (χ4v) is 4.14. The fourth-order valence-electron chi connectivity index (χ4n) is 4.14. The highest BCUT2D eigenvalue weighted by molar-refractivity contribution is 5.88. The zero-order valence-corrected chi connectivity index (χ0v) is 16.4. The molecule has 6 nitrogen and oxygen atoms in total. The largest absolute Gasteiger partial charge is 0.573 e. The van der Waals surface area contributed by atoms with Crippen molar-refractivity contribution in [3.63, 3.8) is 0 Å². The van der Waals surface area contributed by atoms with Crippen molar-refractivity contribution in [3.05, 3.63) is 41.6 Å². The molecule has 2 aromatic rings. The first-order valence-electron chi connectivity index (χ1n) is 9.51. The van der Waals surface area contributed by atoms with E-state index in [9.17, 15) is 22.4 Å². The Morgan fingerprint density at radius 3 is 2.67 bits per heavy atom. The highest BCUT2D eigenvalue weighted by Crippen LogP contribution is 2.39. The van der Waals surface area contributed by atoms with Gasteiger partial charge >= 0.3 is 6.36 Å². The maximum atomic E-state index is 14.4. The number of nitrogens with zero attached hydrogens (tertiary/aromatic N) is 3. The van der Waals surface area contributed by atoms with Crippen LogP contribution in [-0.4, -0.2) is 46.3 Å². The first-order chi connectivity index (χ1) is 14.1. The lowest BCUT2D eigenvalue weighted by molar-refractivity contribution is -0.274. The zero-order valence-electron chi connectivity index (χ0n) is 16.4. The maximum absolute atomic E-state index is 14.4. The molecule has 4 rings (SSSR count). The van der Waals surface area contributed by atoms with Gasteiger partial charge in [-0.3, -0.25) is 10.1 Å². The summed E-state index contributed by atoms with van der Waals surface area (Å²) in [5, 5.41) is 3.34. The number of carbonyl (C=O) groups is 1. The predicted molar refractivity (Wildman–Crippen MR) is 98.9 cm³/mol. The molecular weight excluding hydrogens is 404 g/mol. The van der Waals surface area contributed by atoms with E-state index < -0.39 is 23.5 Å². The van der Waals surface area contributed by atoms with Crippen molar-refractivity contribution in [2.45, 2.75) is 44.1 Å². The van der Waals surface area contributed by atoms with Gasteiger partial charge in [-0.25, -0.2) is 14.4 Å². The minimum atomic E-state index is -4.88. The number of halogens is 4. The van der Waals surface area contributed by atoms with E-state index in [1.165, 1.54) is 6.07 Å². The number of amides is 1. The first kappa shape index (κ1) is 20.5. The highest BCUT2D eigenvalue weighted by Gasteiger charge is 2.50. The third-order valence-corrected chi connectivity index (χ3v) is 5.57. The molecular formula is C20H20F4N4O2. The summed E-state index contributed by atoms with van der Waals surface area (Å²) in [6, 6.07) is 3.97. The maximum Gasteiger partial charge on any atom is 0.573 e. The topological polar surface area (TPSA) is 67.3 Å². The summed E-state index contributed by atoms with van der Waals surface area (Å²) in [5.41, 5.74) is -0.0689. The minimum absolute atomic E-state index is 0.0286. The molecule has 30 heavy (non-hydrogen) atoms. The van der Waals surface area contributed by atoms with Gasteiger partial charge in [0.05, 0.1) is 11.7 Å². The number of likely N-dealkylation sites (N-methyl/N-ethyl adjacent to an activating group) is 1. The van der Waals surface area contributed by atoms with Gasteiger partial charge in [0.25, 0.3) is 0 Å². The van der Waals surface area contributed by atoms with Crippen LogP contribution in [0, 0.1) is 12.7 Å². The molecule has 2 fully saturated rings. The molecule has 1 amide bonds. The van der Waals surface area contributed by atoms with Crippen molar-refractivity contribution >= 4 is 5.91 Å². The Kier molecular flexibility index (Phi) is 4.92. The molecule has 3 heterocycles. The molecule has 10 heteroatoms. The van der Waals surface area contributed by atoms with Crippen molar-refractivity contribution in [2.75, 3.05) is 13.6 Å². The minimum Gasteiger partial charge on any atom is -0.406 e. The van der Waals surface area contributed by atoms with Crippen LogP contribution in [0.5, 0.6) is 5.75 Å². The molecule has 1 N–H and O–H groups in total. The van der Waals surface area contributed by atoms with Crippen LogP contribution >= 0.6 is 0 Å². The van der Waals surface area contributed by atoms with Crippen molar-refractivity contribution in [3.8, 4) is 17.0 Å². The van der Waals surface area contributed by atoms with E-state index in [-0.39, 0.29) is 23.2 Å². The average molecular weight is 424 g/mol. The molecule has 1 aromatic heterocycles. The summed E-state index contributed by atoms with van der Waals surface area (Å²) < 4.78 is 55.9. The van der Waals surface area contributed by atoms with Crippen LogP contribution < -0.4 is 10.1 Å². The van der Waals surface area contributed by atoms with Gasteiger partial charge < -0.3 is 9.64 Å². The van der Waals surface area contributed by atoms with Gasteiger partial charge in [-0.1, -0.05) is 0 Å². The van der Waals surface area contributed by atoms with Crippen LogP contribution in [0.4, 0.5) is 17.6 Å². The normalized spacial score (nSPS) is 24.1. The van der Waals surface area contributed by atoms with E-state index in [0.717, 1.165) is 18.2 Å². The average Bonchev–Trinajstić information content (AvgIpc) is 3.22. The number of likely N-dealkylation sites (tertiary alicyclic amines) is 1. The van der Waals surface area contributed by atoms with Crippen molar-refractivity contribution in [1.82, 2.24) is 20.2 Å². The molecule has 160 valence electrons. The van der Waals surface area contributed by atoms with E-state index >= 15 is 0 Å². The summed E-state index contributed by atoms with van der Waals surface area (Å²) in [6.45, 7) is 2.36. The number of hydrogen-bond donors (Lipinski definition) is 1. The second-order valence-corrected chi connectivity index (χ2v) is 7.74. The lowest BCUT2D eigenvalue weighted by atomic mass is 9.96. The van der Waals surface area contributed by atoms with Crippen LogP contribution in [0.2, 0.25) is 0 Å². The number of benzene rings is 1. The number of ether oxygens (including phenoxy) is 1. The zero-order chi connectivity index (χ0) is 21.7. The molecule has 0 aliphatic carbocycles. The third-order valence-electron chi connectivity index (χ3n) is 5.57. The van der Waals surface area contributed by atoms with E-state index in [4.69, 9.17) is 0 Å². The van der Waals surface area contributed by atoms with Crippen LogP contribution in [0.15, 0.2) is 24.3 Å². The molecule has 0 radical (unpaired) electrons. The fraction of sp³-hybridized carbons (Fsp3) is 0.450. The molecule has 1 spiro atoms. The smallest absolute Gasteiger partial charge is 0.406 e.